The van der Waals surface area contributed by atoms with Crippen molar-refractivity contribution in [2.24, 2.45) is 4.99 Å². The lowest BCUT2D eigenvalue weighted by Crippen LogP contribution is -2.45. The SMILES string of the molecule is CCN1CCCC1CNC(=NC)NCCOc1ccc2c(c1)OCO2.I. The highest BCUT2D eigenvalue weighted by Crippen LogP contribution is 2.34. The van der Waals surface area contributed by atoms with Crippen molar-refractivity contribution >= 4 is 29.9 Å². The van der Waals surface area contributed by atoms with Gasteiger partial charge in [-0.2, -0.15) is 0 Å². The Balaban J connectivity index is 0.00000243. The number of nitrogens with zero attached hydrogens (tertiary/aromatic N) is 2. The Kier molecular flexibility index (Phi) is 8.56. The zero-order valence-corrected chi connectivity index (χ0v) is 17.8. The van der Waals surface area contributed by atoms with E-state index in [1.165, 1.54) is 19.4 Å². The van der Waals surface area contributed by atoms with Gasteiger partial charge in [-0.3, -0.25) is 9.89 Å². The lowest BCUT2D eigenvalue weighted by atomic mass is 10.2. The van der Waals surface area contributed by atoms with Crippen molar-refractivity contribution < 1.29 is 14.2 Å². The first kappa shape index (κ1) is 20.9. The highest BCUT2D eigenvalue weighted by atomic mass is 127. The summed E-state index contributed by atoms with van der Waals surface area (Å²) < 4.78 is 16.4. The average molecular weight is 476 g/mol. The highest BCUT2D eigenvalue weighted by Gasteiger charge is 2.22. The summed E-state index contributed by atoms with van der Waals surface area (Å²) in [6.45, 7) is 6.97. The van der Waals surface area contributed by atoms with Gasteiger partial charge >= 0.3 is 0 Å². The summed E-state index contributed by atoms with van der Waals surface area (Å²) in [6.07, 6.45) is 2.54. The maximum absolute atomic E-state index is 5.75. The number of likely N-dealkylation sites (N-methyl/N-ethyl adjacent to an activating group) is 1. The molecule has 26 heavy (non-hydrogen) atoms. The van der Waals surface area contributed by atoms with Gasteiger partial charge in [0.25, 0.3) is 0 Å². The molecule has 0 aromatic heterocycles. The van der Waals surface area contributed by atoms with E-state index in [9.17, 15) is 0 Å². The van der Waals surface area contributed by atoms with Crippen molar-refractivity contribution in [3.8, 4) is 17.2 Å². The smallest absolute Gasteiger partial charge is 0.231 e. The van der Waals surface area contributed by atoms with E-state index in [0.29, 0.717) is 19.2 Å². The number of rotatable bonds is 7. The second-order valence-electron chi connectivity index (χ2n) is 6.17. The number of guanidine groups is 1. The molecular formula is C18H29IN4O3. The molecule has 8 heteroatoms. The third-order valence-corrected chi connectivity index (χ3v) is 4.64. The molecule has 2 aliphatic heterocycles. The summed E-state index contributed by atoms with van der Waals surface area (Å²) in [5.41, 5.74) is 0. The molecule has 3 rings (SSSR count). The van der Waals surface area contributed by atoms with Crippen LogP contribution in [-0.2, 0) is 0 Å². The van der Waals surface area contributed by atoms with Crippen molar-refractivity contribution in [3.05, 3.63) is 18.2 Å². The minimum Gasteiger partial charge on any atom is -0.492 e. The van der Waals surface area contributed by atoms with E-state index in [2.05, 4.69) is 27.4 Å². The molecule has 0 aliphatic carbocycles. The normalized spacial score (nSPS) is 19.2. The van der Waals surface area contributed by atoms with Crippen LogP contribution in [0.4, 0.5) is 0 Å². The predicted octanol–water partition coefficient (Wildman–Crippen LogP) is 2.06. The molecule has 2 N–H and O–H groups in total. The van der Waals surface area contributed by atoms with E-state index in [1.54, 1.807) is 7.05 Å². The minimum atomic E-state index is 0. The topological polar surface area (TPSA) is 67.4 Å². The maximum Gasteiger partial charge on any atom is 0.231 e. The summed E-state index contributed by atoms with van der Waals surface area (Å²) in [5.74, 6) is 3.10. The molecule has 1 atom stereocenters. The number of halogens is 1. The number of hydrogen-bond donors (Lipinski definition) is 2. The van der Waals surface area contributed by atoms with Gasteiger partial charge in [-0.25, -0.2) is 0 Å². The fourth-order valence-electron chi connectivity index (χ4n) is 3.28. The quantitative estimate of drug-likeness (QED) is 0.272. The van der Waals surface area contributed by atoms with Gasteiger partial charge < -0.3 is 24.8 Å². The van der Waals surface area contributed by atoms with E-state index in [-0.39, 0.29) is 30.8 Å². The Morgan fingerprint density at radius 2 is 2.15 bits per heavy atom. The maximum atomic E-state index is 5.75. The van der Waals surface area contributed by atoms with Crippen molar-refractivity contribution in [1.29, 1.82) is 0 Å². The molecule has 1 aromatic rings. The molecule has 1 aromatic carbocycles. The van der Waals surface area contributed by atoms with Gasteiger partial charge in [-0.15, -0.1) is 24.0 Å². The Hall–Kier alpha value is -1.42. The molecule has 0 saturated carbocycles. The molecule has 0 bridgehead atoms. The third kappa shape index (κ3) is 5.54. The molecular weight excluding hydrogens is 447 g/mol. The molecule has 146 valence electrons. The van der Waals surface area contributed by atoms with Crippen molar-refractivity contribution in [2.45, 2.75) is 25.8 Å². The van der Waals surface area contributed by atoms with Crippen molar-refractivity contribution in [3.63, 3.8) is 0 Å². The monoisotopic (exact) mass is 476 g/mol. The molecule has 0 radical (unpaired) electrons. The Labute approximate surface area is 172 Å². The van der Waals surface area contributed by atoms with Crippen LogP contribution in [0.1, 0.15) is 19.8 Å². The Morgan fingerprint density at radius 3 is 2.96 bits per heavy atom. The second-order valence-corrected chi connectivity index (χ2v) is 6.17. The second kappa shape index (κ2) is 10.7. The molecule has 0 amide bonds. The molecule has 1 unspecified atom stereocenters. The van der Waals surface area contributed by atoms with E-state index in [4.69, 9.17) is 14.2 Å². The fraction of sp³-hybridized carbons (Fsp3) is 0.611. The van der Waals surface area contributed by atoms with Crippen LogP contribution in [0.15, 0.2) is 23.2 Å². The van der Waals surface area contributed by atoms with Gasteiger partial charge in [0.2, 0.25) is 6.79 Å². The van der Waals surface area contributed by atoms with E-state index < -0.39 is 0 Å². The van der Waals surface area contributed by atoms with Crippen LogP contribution < -0.4 is 24.8 Å². The first-order valence-electron chi connectivity index (χ1n) is 9.01. The van der Waals surface area contributed by atoms with Gasteiger partial charge in [0.1, 0.15) is 12.4 Å². The van der Waals surface area contributed by atoms with Gasteiger partial charge in [0.15, 0.2) is 17.5 Å². The lowest BCUT2D eigenvalue weighted by molar-refractivity contribution is 0.173. The van der Waals surface area contributed by atoms with Crippen molar-refractivity contribution in [1.82, 2.24) is 15.5 Å². The Bertz CT molecular complexity index is 600. The summed E-state index contributed by atoms with van der Waals surface area (Å²) in [5, 5.41) is 6.70. The van der Waals surface area contributed by atoms with Crippen LogP contribution in [-0.4, -0.2) is 63.5 Å². The number of ether oxygens (including phenoxy) is 3. The number of fused-ring (bicyclic) bond motifs is 1. The minimum absolute atomic E-state index is 0. The average Bonchev–Trinajstić information content (AvgIpc) is 3.29. The van der Waals surface area contributed by atoms with Crippen LogP contribution >= 0.6 is 24.0 Å². The number of likely N-dealkylation sites (tertiary alicyclic amines) is 1. The van der Waals surface area contributed by atoms with Crippen LogP contribution in [0, 0.1) is 0 Å². The molecule has 0 spiro atoms. The van der Waals surface area contributed by atoms with Crippen molar-refractivity contribution in [2.75, 3.05) is 46.6 Å². The predicted molar refractivity (Wildman–Crippen MR) is 113 cm³/mol. The number of aliphatic imine (C=N–C) groups is 1. The van der Waals surface area contributed by atoms with Gasteiger partial charge in [0.05, 0.1) is 6.54 Å². The van der Waals surface area contributed by atoms with E-state index in [0.717, 1.165) is 36.3 Å². The molecule has 2 aliphatic rings. The molecule has 1 saturated heterocycles. The molecule has 1 fully saturated rings. The van der Waals surface area contributed by atoms with Crippen LogP contribution in [0.5, 0.6) is 17.2 Å². The Morgan fingerprint density at radius 1 is 1.31 bits per heavy atom. The largest absolute Gasteiger partial charge is 0.492 e. The summed E-state index contributed by atoms with van der Waals surface area (Å²) in [4.78, 5) is 6.79. The zero-order chi connectivity index (χ0) is 17.5. The first-order valence-corrected chi connectivity index (χ1v) is 9.01. The van der Waals surface area contributed by atoms with Gasteiger partial charge in [-0.05, 0) is 38.1 Å². The molecule has 2 heterocycles. The first-order chi connectivity index (χ1) is 12.3. The summed E-state index contributed by atoms with van der Waals surface area (Å²) in [6, 6.07) is 6.22. The van der Waals surface area contributed by atoms with E-state index in [1.807, 2.05) is 18.2 Å². The third-order valence-electron chi connectivity index (χ3n) is 4.64. The summed E-state index contributed by atoms with van der Waals surface area (Å²) >= 11 is 0. The van der Waals surface area contributed by atoms with Gasteiger partial charge in [0, 0.05) is 25.7 Å². The van der Waals surface area contributed by atoms with Crippen LogP contribution in [0.2, 0.25) is 0 Å². The molecule has 7 nitrogen and oxygen atoms in total. The standard InChI is InChI=1S/C18H28N4O3.HI/c1-3-22-9-4-5-14(22)12-21-18(19-2)20-8-10-23-15-6-7-16-17(11-15)25-13-24-16;/h6-7,11,14H,3-5,8-10,12-13H2,1-2H3,(H2,19,20,21);1H. The van der Waals surface area contributed by atoms with Gasteiger partial charge in [-0.1, -0.05) is 6.92 Å². The van der Waals surface area contributed by atoms with Crippen LogP contribution in [0.3, 0.4) is 0 Å². The summed E-state index contributed by atoms with van der Waals surface area (Å²) in [7, 11) is 1.79. The van der Waals surface area contributed by atoms with E-state index >= 15 is 0 Å². The lowest BCUT2D eigenvalue weighted by Gasteiger charge is -2.24. The number of benzene rings is 1. The number of nitrogens with one attached hydrogen (secondary N) is 2. The number of hydrogen-bond acceptors (Lipinski definition) is 5. The zero-order valence-electron chi connectivity index (χ0n) is 15.5. The highest BCUT2D eigenvalue weighted by molar-refractivity contribution is 14.0. The fourth-order valence-corrected chi connectivity index (χ4v) is 3.28. The van der Waals surface area contributed by atoms with Crippen LogP contribution in [0.25, 0.3) is 0 Å².